The summed E-state index contributed by atoms with van der Waals surface area (Å²) in [7, 11) is -2.37. The normalized spacial score (nSPS) is 11.1. The predicted octanol–water partition coefficient (Wildman–Crippen LogP) is 0.909. The summed E-state index contributed by atoms with van der Waals surface area (Å²) in [5.41, 5.74) is 0. The topological polar surface area (TPSA) is 77.5 Å². The Labute approximate surface area is 103 Å². The number of esters is 1. The van der Waals surface area contributed by atoms with Gasteiger partial charge < -0.3 is 4.74 Å². The van der Waals surface area contributed by atoms with Gasteiger partial charge in [0.25, 0.3) is 0 Å². The van der Waals surface area contributed by atoms with Crippen molar-refractivity contribution in [3.63, 3.8) is 0 Å². The van der Waals surface area contributed by atoms with Crippen LogP contribution in [0.4, 0.5) is 0 Å². The van der Waals surface area contributed by atoms with Crippen LogP contribution in [0.5, 0.6) is 0 Å². The molecule has 1 rings (SSSR count). The first-order valence-corrected chi connectivity index (χ1v) is 7.48. The van der Waals surface area contributed by atoms with Gasteiger partial charge in [0.15, 0.2) is 15.6 Å². The minimum atomic E-state index is -3.56. The van der Waals surface area contributed by atoms with Crippen LogP contribution in [0.2, 0.25) is 0 Å². The van der Waals surface area contributed by atoms with Crippen LogP contribution in [0.15, 0.2) is 17.5 Å². The minimum absolute atomic E-state index is 0.226. The molecule has 0 saturated carbocycles. The molecule has 0 fully saturated rings. The lowest BCUT2D eigenvalue weighted by Gasteiger charge is -2.01. The maximum absolute atomic E-state index is 11.6. The van der Waals surface area contributed by atoms with Crippen LogP contribution in [0.25, 0.3) is 0 Å². The summed E-state index contributed by atoms with van der Waals surface area (Å²) in [6.07, 6.45) is -0.226. The minimum Gasteiger partial charge on any atom is -0.469 e. The lowest BCUT2D eigenvalue weighted by Crippen LogP contribution is -2.20. The van der Waals surface area contributed by atoms with Crippen molar-refractivity contribution < 1.29 is 22.7 Å². The molecular weight excluding hydrogens is 264 g/mol. The molecule has 0 aromatic carbocycles. The zero-order chi connectivity index (χ0) is 12.9. The quantitative estimate of drug-likeness (QED) is 0.570. The van der Waals surface area contributed by atoms with Gasteiger partial charge >= 0.3 is 5.97 Å². The van der Waals surface area contributed by atoms with E-state index in [1.807, 2.05) is 0 Å². The molecule has 0 saturated heterocycles. The van der Waals surface area contributed by atoms with E-state index in [1.54, 1.807) is 17.5 Å². The number of ether oxygens (including phenoxy) is 1. The summed E-state index contributed by atoms with van der Waals surface area (Å²) in [4.78, 5) is 22.8. The molecule has 0 aliphatic carbocycles. The number of hydrogen-bond donors (Lipinski definition) is 0. The van der Waals surface area contributed by atoms with Gasteiger partial charge in [-0.05, 0) is 11.4 Å². The standard InChI is InChI=1S/C10H12O5S2/c1-15-10(12)4-6-17(13,14)7-8(11)9-3-2-5-16-9/h2-3,5H,4,6-7H2,1H3. The Morgan fingerprint density at radius 1 is 1.41 bits per heavy atom. The lowest BCUT2D eigenvalue weighted by atomic mass is 10.4. The third-order valence-corrected chi connectivity index (χ3v) is 4.43. The molecule has 0 spiro atoms. The highest BCUT2D eigenvalue weighted by molar-refractivity contribution is 7.92. The summed E-state index contributed by atoms with van der Waals surface area (Å²) in [6, 6.07) is 3.25. The number of hydrogen-bond acceptors (Lipinski definition) is 6. The Kier molecular flexibility index (Phi) is 4.83. The van der Waals surface area contributed by atoms with Crippen molar-refractivity contribution in [2.24, 2.45) is 0 Å². The molecule has 17 heavy (non-hydrogen) atoms. The fourth-order valence-corrected chi connectivity index (χ4v) is 3.05. The van der Waals surface area contributed by atoms with Crippen molar-refractivity contribution in [3.8, 4) is 0 Å². The van der Waals surface area contributed by atoms with Crippen molar-refractivity contribution in [3.05, 3.63) is 22.4 Å². The first-order chi connectivity index (χ1) is 7.94. The van der Waals surface area contributed by atoms with Crippen LogP contribution in [0.3, 0.4) is 0 Å². The Balaban J connectivity index is 2.55. The summed E-state index contributed by atoms with van der Waals surface area (Å²) >= 11 is 1.19. The molecule has 1 aromatic heterocycles. The van der Waals surface area contributed by atoms with E-state index < -0.39 is 27.3 Å². The molecule has 0 aliphatic rings. The Morgan fingerprint density at radius 3 is 2.65 bits per heavy atom. The van der Waals surface area contributed by atoms with Gasteiger partial charge in [-0.25, -0.2) is 8.42 Å². The fourth-order valence-electron chi connectivity index (χ4n) is 1.12. The second-order valence-electron chi connectivity index (χ2n) is 3.32. The average Bonchev–Trinajstić information content (AvgIpc) is 2.78. The third kappa shape index (κ3) is 4.66. The number of carbonyl (C=O) groups is 2. The Hall–Kier alpha value is -1.21. The van der Waals surface area contributed by atoms with E-state index in [1.165, 1.54) is 18.4 Å². The average molecular weight is 276 g/mol. The monoisotopic (exact) mass is 276 g/mol. The number of methoxy groups -OCH3 is 1. The first kappa shape index (κ1) is 13.9. The van der Waals surface area contributed by atoms with Crippen molar-refractivity contribution in [2.45, 2.75) is 6.42 Å². The van der Waals surface area contributed by atoms with E-state index >= 15 is 0 Å². The summed E-state index contributed by atoms with van der Waals surface area (Å²) in [5.74, 6) is -1.97. The van der Waals surface area contributed by atoms with Crippen LogP contribution in [-0.4, -0.2) is 38.8 Å². The van der Waals surface area contributed by atoms with Crippen LogP contribution in [0, 0.1) is 0 Å². The van der Waals surface area contributed by atoms with Crippen LogP contribution < -0.4 is 0 Å². The van der Waals surface area contributed by atoms with E-state index in [4.69, 9.17) is 0 Å². The van der Waals surface area contributed by atoms with E-state index in [9.17, 15) is 18.0 Å². The molecule has 94 valence electrons. The highest BCUT2D eigenvalue weighted by Gasteiger charge is 2.20. The van der Waals surface area contributed by atoms with Crippen molar-refractivity contribution in [1.29, 1.82) is 0 Å². The van der Waals surface area contributed by atoms with Gasteiger partial charge in [0.05, 0.1) is 24.2 Å². The molecule has 0 N–H and O–H groups in total. The number of rotatable bonds is 6. The van der Waals surface area contributed by atoms with E-state index in [0.29, 0.717) is 4.88 Å². The van der Waals surface area contributed by atoms with Crippen molar-refractivity contribution in [2.75, 3.05) is 18.6 Å². The van der Waals surface area contributed by atoms with Gasteiger partial charge in [0.1, 0.15) is 5.75 Å². The molecule has 5 nitrogen and oxygen atoms in total. The second-order valence-corrected chi connectivity index (χ2v) is 6.45. The summed E-state index contributed by atoms with van der Waals surface area (Å²) in [5, 5.41) is 1.70. The highest BCUT2D eigenvalue weighted by Crippen LogP contribution is 2.11. The number of carbonyl (C=O) groups excluding carboxylic acids is 2. The predicted molar refractivity (Wildman–Crippen MR) is 63.9 cm³/mol. The third-order valence-electron chi connectivity index (χ3n) is 1.99. The smallest absolute Gasteiger partial charge is 0.306 e. The molecule has 0 atom stereocenters. The molecule has 0 unspecified atom stereocenters. The second kappa shape index (κ2) is 5.92. The largest absolute Gasteiger partial charge is 0.469 e. The molecule has 1 aromatic rings. The molecule has 0 amide bonds. The van der Waals surface area contributed by atoms with Gasteiger partial charge in [-0.3, -0.25) is 9.59 Å². The SMILES string of the molecule is COC(=O)CCS(=O)(=O)CC(=O)c1cccs1. The Bertz CT molecular complexity index is 487. The molecule has 0 aliphatic heterocycles. The van der Waals surface area contributed by atoms with Gasteiger partial charge in [-0.15, -0.1) is 11.3 Å². The zero-order valence-corrected chi connectivity index (χ0v) is 10.8. The summed E-state index contributed by atoms with van der Waals surface area (Å²) in [6.45, 7) is 0. The molecule has 0 radical (unpaired) electrons. The van der Waals surface area contributed by atoms with Gasteiger partial charge in [-0.1, -0.05) is 6.07 Å². The van der Waals surface area contributed by atoms with E-state index in [2.05, 4.69) is 4.74 Å². The van der Waals surface area contributed by atoms with E-state index in [0.717, 1.165) is 0 Å². The number of ketones is 1. The number of Topliss-reactive ketones (excluding diaryl/α,β-unsaturated/α-hetero) is 1. The zero-order valence-electron chi connectivity index (χ0n) is 9.21. The van der Waals surface area contributed by atoms with Gasteiger partial charge in [0, 0.05) is 0 Å². The maximum atomic E-state index is 11.6. The lowest BCUT2D eigenvalue weighted by molar-refractivity contribution is -0.140. The molecule has 7 heteroatoms. The van der Waals surface area contributed by atoms with Crippen molar-refractivity contribution in [1.82, 2.24) is 0 Å². The maximum Gasteiger partial charge on any atom is 0.306 e. The highest BCUT2D eigenvalue weighted by atomic mass is 32.2. The number of thiophene rings is 1. The first-order valence-electron chi connectivity index (χ1n) is 4.78. The van der Waals surface area contributed by atoms with Gasteiger partial charge in [-0.2, -0.15) is 0 Å². The van der Waals surface area contributed by atoms with Crippen LogP contribution in [0.1, 0.15) is 16.1 Å². The fraction of sp³-hybridized carbons (Fsp3) is 0.400. The molecular formula is C10H12O5S2. The van der Waals surface area contributed by atoms with Crippen LogP contribution in [-0.2, 0) is 19.4 Å². The Morgan fingerprint density at radius 2 is 2.12 bits per heavy atom. The molecule has 1 heterocycles. The van der Waals surface area contributed by atoms with Crippen LogP contribution >= 0.6 is 11.3 Å². The summed E-state index contributed by atoms with van der Waals surface area (Å²) < 4.78 is 27.4. The van der Waals surface area contributed by atoms with E-state index in [-0.39, 0.29) is 12.2 Å². The molecule has 0 bridgehead atoms. The number of sulfone groups is 1. The van der Waals surface area contributed by atoms with Crippen molar-refractivity contribution >= 4 is 32.9 Å². The van der Waals surface area contributed by atoms with Gasteiger partial charge in [0.2, 0.25) is 0 Å².